The fraction of sp³-hybridized carbons (Fsp3) is 0.500. The number of anilines is 1. The topological polar surface area (TPSA) is 95.7 Å². The Morgan fingerprint density at radius 3 is 2.90 bits per heavy atom. The van der Waals surface area contributed by atoms with Gasteiger partial charge in [-0.25, -0.2) is 0 Å². The number of likely N-dealkylation sites (tertiary alicyclic amines) is 1. The van der Waals surface area contributed by atoms with Gasteiger partial charge in [-0.2, -0.15) is 0 Å². The zero-order chi connectivity index (χ0) is 15.4. The molecule has 114 valence electrons. The number of aliphatic hydroxyl groups is 1. The molecule has 0 radical (unpaired) electrons. The first kappa shape index (κ1) is 15.4. The molecular weight excluding hydrogens is 274 g/mol. The number of nitrogens with zero attached hydrogens (tertiary/aromatic N) is 2. The number of rotatable bonds is 5. The summed E-state index contributed by atoms with van der Waals surface area (Å²) < 4.78 is 0. The highest BCUT2D eigenvalue weighted by molar-refractivity contribution is 5.96. The molecule has 1 amide bonds. The maximum Gasteiger partial charge on any atom is 0.292 e. The smallest absolute Gasteiger partial charge is 0.292 e. The van der Waals surface area contributed by atoms with E-state index in [1.165, 1.54) is 12.1 Å². The molecule has 1 saturated heterocycles. The first-order valence-electron chi connectivity index (χ1n) is 6.92. The minimum absolute atomic E-state index is 0.118. The van der Waals surface area contributed by atoms with Crippen molar-refractivity contribution >= 4 is 17.3 Å². The van der Waals surface area contributed by atoms with E-state index in [-0.39, 0.29) is 35.8 Å². The number of para-hydroxylation sites is 2. The molecule has 1 aromatic carbocycles. The number of hydrogen-bond acceptors (Lipinski definition) is 5. The van der Waals surface area contributed by atoms with Crippen LogP contribution in [-0.4, -0.2) is 46.6 Å². The molecule has 2 N–H and O–H groups in total. The standard InChI is InChI=1S/C14H19N3O4/c1-10(16-7-6-11(8-16)9-18)14(19)15-12-4-2-3-5-13(12)17(20)21/h2-5,10-11,18H,6-9H2,1H3,(H,15,19). The molecule has 1 aliphatic heterocycles. The Morgan fingerprint density at radius 2 is 2.29 bits per heavy atom. The van der Waals surface area contributed by atoms with Crippen LogP contribution in [-0.2, 0) is 4.79 Å². The average Bonchev–Trinajstić information content (AvgIpc) is 2.95. The van der Waals surface area contributed by atoms with Crippen LogP contribution in [0.2, 0.25) is 0 Å². The van der Waals surface area contributed by atoms with Gasteiger partial charge >= 0.3 is 0 Å². The first-order chi connectivity index (χ1) is 10.0. The Kier molecular flexibility index (Phi) is 4.87. The Hall–Kier alpha value is -1.99. The second-order valence-electron chi connectivity index (χ2n) is 5.27. The first-order valence-corrected chi connectivity index (χ1v) is 6.92. The second-order valence-corrected chi connectivity index (χ2v) is 5.27. The van der Waals surface area contributed by atoms with Crippen LogP contribution in [0.3, 0.4) is 0 Å². The maximum atomic E-state index is 12.2. The highest BCUT2D eigenvalue weighted by Gasteiger charge is 2.29. The lowest BCUT2D eigenvalue weighted by Crippen LogP contribution is -2.40. The molecule has 1 heterocycles. The molecule has 0 saturated carbocycles. The van der Waals surface area contributed by atoms with Gasteiger partial charge < -0.3 is 10.4 Å². The summed E-state index contributed by atoms with van der Waals surface area (Å²) in [6, 6.07) is 5.69. The molecule has 1 aromatic rings. The van der Waals surface area contributed by atoms with Crippen LogP contribution in [0.15, 0.2) is 24.3 Å². The van der Waals surface area contributed by atoms with E-state index < -0.39 is 4.92 Å². The van der Waals surface area contributed by atoms with Crippen LogP contribution in [0.4, 0.5) is 11.4 Å². The molecule has 0 spiro atoms. The van der Waals surface area contributed by atoms with E-state index in [1.807, 2.05) is 4.90 Å². The minimum atomic E-state index is -0.516. The van der Waals surface area contributed by atoms with Crippen molar-refractivity contribution in [2.75, 3.05) is 25.0 Å². The molecule has 1 aliphatic rings. The minimum Gasteiger partial charge on any atom is -0.396 e. The fourth-order valence-corrected chi connectivity index (χ4v) is 2.50. The normalized spacial score (nSPS) is 20.2. The third-order valence-electron chi connectivity index (χ3n) is 3.86. The molecule has 7 heteroatoms. The van der Waals surface area contributed by atoms with Crippen molar-refractivity contribution < 1.29 is 14.8 Å². The van der Waals surface area contributed by atoms with Crippen LogP contribution in [0.1, 0.15) is 13.3 Å². The number of amides is 1. The third-order valence-corrected chi connectivity index (χ3v) is 3.86. The number of carbonyl (C=O) groups excluding carboxylic acids is 1. The van der Waals surface area contributed by atoms with E-state index in [2.05, 4.69) is 5.32 Å². The van der Waals surface area contributed by atoms with Gasteiger partial charge in [-0.05, 0) is 31.9 Å². The Balaban J connectivity index is 2.03. The largest absolute Gasteiger partial charge is 0.396 e. The molecule has 2 unspecified atom stereocenters. The summed E-state index contributed by atoms with van der Waals surface area (Å²) in [7, 11) is 0. The van der Waals surface area contributed by atoms with Gasteiger partial charge in [0, 0.05) is 19.2 Å². The lowest BCUT2D eigenvalue weighted by atomic mass is 10.1. The van der Waals surface area contributed by atoms with Crippen LogP contribution >= 0.6 is 0 Å². The molecular formula is C14H19N3O4. The lowest BCUT2D eigenvalue weighted by molar-refractivity contribution is -0.383. The van der Waals surface area contributed by atoms with Crippen LogP contribution in [0.25, 0.3) is 0 Å². The van der Waals surface area contributed by atoms with Crippen molar-refractivity contribution in [2.24, 2.45) is 5.92 Å². The lowest BCUT2D eigenvalue weighted by Gasteiger charge is -2.23. The summed E-state index contributed by atoms with van der Waals surface area (Å²) >= 11 is 0. The number of nitrogens with one attached hydrogen (secondary N) is 1. The van der Waals surface area contributed by atoms with Gasteiger partial charge in [0.25, 0.3) is 5.69 Å². The van der Waals surface area contributed by atoms with Crippen molar-refractivity contribution in [3.63, 3.8) is 0 Å². The van der Waals surface area contributed by atoms with Gasteiger partial charge in [-0.1, -0.05) is 12.1 Å². The summed E-state index contributed by atoms with van der Waals surface area (Å²) in [5.74, 6) is -0.0748. The van der Waals surface area contributed by atoms with Crippen molar-refractivity contribution in [1.29, 1.82) is 0 Å². The Morgan fingerprint density at radius 1 is 1.57 bits per heavy atom. The summed E-state index contributed by atoms with van der Waals surface area (Å²) in [6.45, 7) is 3.30. The maximum absolute atomic E-state index is 12.2. The van der Waals surface area contributed by atoms with Crippen LogP contribution in [0.5, 0.6) is 0 Å². The molecule has 2 atom stereocenters. The van der Waals surface area contributed by atoms with Crippen LogP contribution < -0.4 is 5.32 Å². The van der Waals surface area contributed by atoms with Crippen LogP contribution in [0, 0.1) is 16.0 Å². The average molecular weight is 293 g/mol. The Bertz CT molecular complexity index is 535. The summed E-state index contributed by atoms with van der Waals surface area (Å²) in [5.41, 5.74) is 0.0879. The third kappa shape index (κ3) is 3.56. The monoisotopic (exact) mass is 293 g/mol. The van der Waals surface area contributed by atoms with Crippen molar-refractivity contribution in [3.8, 4) is 0 Å². The quantitative estimate of drug-likeness (QED) is 0.629. The summed E-state index contributed by atoms with van der Waals surface area (Å²) in [4.78, 5) is 24.6. The van der Waals surface area contributed by atoms with Gasteiger partial charge in [0.15, 0.2) is 0 Å². The van der Waals surface area contributed by atoms with Gasteiger partial charge in [-0.15, -0.1) is 0 Å². The Labute approximate surface area is 122 Å². The number of nitro benzene ring substituents is 1. The van der Waals surface area contributed by atoms with Crippen molar-refractivity contribution in [2.45, 2.75) is 19.4 Å². The SMILES string of the molecule is CC(C(=O)Nc1ccccc1[N+](=O)[O-])N1CCC(CO)C1. The number of carbonyl (C=O) groups is 1. The predicted molar refractivity (Wildman–Crippen MR) is 78.0 cm³/mol. The molecule has 0 aromatic heterocycles. The highest BCUT2D eigenvalue weighted by atomic mass is 16.6. The number of aliphatic hydroxyl groups excluding tert-OH is 1. The molecule has 2 rings (SSSR count). The molecule has 0 bridgehead atoms. The van der Waals surface area contributed by atoms with E-state index in [1.54, 1.807) is 19.1 Å². The van der Waals surface area contributed by atoms with Gasteiger partial charge in [0.05, 0.1) is 11.0 Å². The number of benzene rings is 1. The van der Waals surface area contributed by atoms with Gasteiger partial charge in [-0.3, -0.25) is 19.8 Å². The molecule has 21 heavy (non-hydrogen) atoms. The molecule has 1 fully saturated rings. The summed E-state index contributed by atoms with van der Waals surface area (Å²) in [6.07, 6.45) is 0.861. The second kappa shape index (κ2) is 6.64. The van der Waals surface area contributed by atoms with E-state index in [0.29, 0.717) is 6.54 Å². The number of hydrogen-bond donors (Lipinski definition) is 2. The zero-order valence-electron chi connectivity index (χ0n) is 11.9. The van der Waals surface area contributed by atoms with E-state index in [0.717, 1.165) is 13.0 Å². The van der Waals surface area contributed by atoms with Crippen molar-refractivity contribution in [1.82, 2.24) is 4.90 Å². The predicted octanol–water partition coefficient (Wildman–Crippen LogP) is 1.24. The number of nitro groups is 1. The highest BCUT2D eigenvalue weighted by Crippen LogP contribution is 2.24. The van der Waals surface area contributed by atoms with Crippen molar-refractivity contribution in [3.05, 3.63) is 34.4 Å². The fourth-order valence-electron chi connectivity index (χ4n) is 2.50. The van der Waals surface area contributed by atoms with Gasteiger partial charge in [0.1, 0.15) is 5.69 Å². The molecule has 0 aliphatic carbocycles. The molecule has 7 nitrogen and oxygen atoms in total. The van der Waals surface area contributed by atoms with E-state index in [9.17, 15) is 14.9 Å². The van der Waals surface area contributed by atoms with E-state index in [4.69, 9.17) is 5.11 Å². The zero-order valence-corrected chi connectivity index (χ0v) is 11.9. The summed E-state index contributed by atoms with van der Waals surface area (Å²) in [5, 5.41) is 22.7. The van der Waals surface area contributed by atoms with E-state index >= 15 is 0 Å². The van der Waals surface area contributed by atoms with Gasteiger partial charge in [0.2, 0.25) is 5.91 Å².